The molecule has 0 aromatic heterocycles. The normalized spacial score (nSPS) is 15.7. The number of thiocarbonyl (C=S) groups is 1. The van der Waals surface area contributed by atoms with E-state index in [0.717, 1.165) is 12.1 Å². The Morgan fingerprint density at radius 2 is 1.89 bits per heavy atom. The highest BCUT2D eigenvalue weighted by Crippen LogP contribution is 2.35. The first-order chi connectivity index (χ1) is 16.5. The van der Waals surface area contributed by atoms with Gasteiger partial charge in [-0.15, -0.1) is 0 Å². The SMILES string of the molecule is CCOc1cc(C2NC(=S)NC(C)=C2C(=O)Nc2cccc(C(F)(F)F)c2)ccc1OCC(=O)O. The molecule has 1 amide bonds. The molecule has 1 atom stereocenters. The minimum absolute atomic E-state index is 0.0237. The second kappa shape index (κ2) is 10.6. The quantitative estimate of drug-likeness (QED) is 0.396. The fourth-order valence-corrected chi connectivity index (χ4v) is 3.72. The summed E-state index contributed by atoms with van der Waals surface area (Å²) >= 11 is 5.23. The maximum Gasteiger partial charge on any atom is 0.416 e. The summed E-state index contributed by atoms with van der Waals surface area (Å²) < 4.78 is 50.0. The first-order valence-electron chi connectivity index (χ1n) is 10.4. The average molecular weight is 510 g/mol. The summed E-state index contributed by atoms with van der Waals surface area (Å²) in [5.41, 5.74) is 0.222. The zero-order valence-electron chi connectivity index (χ0n) is 18.7. The third kappa shape index (κ3) is 6.41. The first kappa shape index (κ1) is 25.8. The molecule has 35 heavy (non-hydrogen) atoms. The van der Waals surface area contributed by atoms with Crippen LogP contribution in [0.5, 0.6) is 11.5 Å². The summed E-state index contributed by atoms with van der Waals surface area (Å²) in [6, 6.07) is 8.23. The van der Waals surface area contributed by atoms with Gasteiger partial charge in [0.05, 0.1) is 23.8 Å². The van der Waals surface area contributed by atoms with Crippen LogP contribution in [0.2, 0.25) is 0 Å². The number of amides is 1. The maximum absolute atomic E-state index is 13.2. The summed E-state index contributed by atoms with van der Waals surface area (Å²) in [6.07, 6.45) is -4.56. The number of aliphatic carboxylic acids is 1. The number of hydrogen-bond donors (Lipinski definition) is 4. The molecular weight excluding hydrogens is 487 g/mol. The molecule has 0 bridgehead atoms. The second-order valence-corrected chi connectivity index (χ2v) is 7.83. The summed E-state index contributed by atoms with van der Waals surface area (Å²) in [5.74, 6) is -1.34. The van der Waals surface area contributed by atoms with Crippen molar-refractivity contribution >= 4 is 34.9 Å². The van der Waals surface area contributed by atoms with Crippen molar-refractivity contribution in [2.45, 2.75) is 26.1 Å². The van der Waals surface area contributed by atoms with E-state index in [2.05, 4.69) is 16.0 Å². The number of carbonyl (C=O) groups is 2. The predicted molar refractivity (Wildman–Crippen MR) is 125 cm³/mol. The molecule has 0 saturated carbocycles. The van der Waals surface area contributed by atoms with E-state index in [9.17, 15) is 22.8 Å². The fourth-order valence-electron chi connectivity index (χ4n) is 3.45. The van der Waals surface area contributed by atoms with Crippen molar-refractivity contribution in [2.24, 2.45) is 0 Å². The molecule has 1 aliphatic heterocycles. The van der Waals surface area contributed by atoms with Gasteiger partial charge in [0.25, 0.3) is 5.91 Å². The minimum atomic E-state index is -4.56. The van der Waals surface area contributed by atoms with E-state index < -0.39 is 36.3 Å². The minimum Gasteiger partial charge on any atom is -0.490 e. The van der Waals surface area contributed by atoms with Crippen LogP contribution in [-0.4, -0.2) is 35.3 Å². The molecule has 0 radical (unpaired) electrons. The van der Waals surface area contributed by atoms with Crippen molar-refractivity contribution in [2.75, 3.05) is 18.5 Å². The number of hydrogen-bond acceptors (Lipinski definition) is 5. The summed E-state index contributed by atoms with van der Waals surface area (Å²) in [7, 11) is 0. The largest absolute Gasteiger partial charge is 0.490 e. The van der Waals surface area contributed by atoms with Crippen molar-refractivity contribution in [3.05, 3.63) is 64.9 Å². The number of anilines is 1. The predicted octanol–water partition coefficient (Wildman–Crippen LogP) is 4.00. The van der Waals surface area contributed by atoms with Crippen LogP contribution in [0.1, 0.15) is 31.0 Å². The van der Waals surface area contributed by atoms with Crippen LogP contribution in [0.15, 0.2) is 53.7 Å². The van der Waals surface area contributed by atoms with Crippen molar-refractivity contribution in [1.29, 1.82) is 0 Å². The van der Waals surface area contributed by atoms with E-state index in [0.29, 0.717) is 11.3 Å². The topological polar surface area (TPSA) is 109 Å². The molecule has 2 aromatic carbocycles. The van der Waals surface area contributed by atoms with Gasteiger partial charge in [-0.25, -0.2) is 4.79 Å². The number of alkyl halides is 3. The maximum atomic E-state index is 13.2. The summed E-state index contributed by atoms with van der Waals surface area (Å²) in [4.78, 5) is 24.1. The van der Waals surface area contributed by atoms with Crippen molar-refractivity contribution in [1.82, 2.24) is 10.6 Å². The van der Waals surface area contributed by atoms with Crippen LogP contribution in [0.25, 0.3) is 0 Å². The van der Waals surface area contributed by atoms with Crippen LogP contribution < -0.4 is 25.4 Å². The standard InChI is InChI=1S/C23H22F3N3O5S/c1-3-33-17-9-13(7-8-16(17)34-11-18(30)31)20-19(12(2)27-22(35)29-20)21(32)28-15-6-4-5-14(10-15)23(24,25)26/h4-10,20H,3,11H2,1-2H3,(H,28,32)(H,30,31)(H2,27,29,35). The van der Waals surface area contributed by atoms with Gasteiger partial charge in [0, 0.05) is 11.4 Å². The third-order valence-corrected chi connectivity index (χ3v) is 5.13. The van der Waals surface area contributed by atoms with Gasteiger partial charge < -0.3 is 30.5 Å². The number of rotatable bonds is 8. The lowest BCUT2D eigenvalue weighted by Crippen LogP contribution is -2.45. The van der Waals surface area contributed by atoms with Gasteiger partial charge in [0.15, 0.2) is 23.2 Å². The lowest BCUT2D eigenvalue weighted by molar-refractivity contribution is -0.139. The Morgan fingerprint density at radius 3 is 2.54 bits per heavy atom. The smallest absolute Gasteiger partial charge is 0.416 e. The Kier molecular flexibility index (Phi) is 7.85. The Labute approximate surface area is 204 Å². The molecule has 0 saturated heterocycles. The average Bonchev–Trinajstić information content (AvgIpc) is 2.77. The van der Waals surface area contributed by atoms with Gasteiger partial charge in [0.2, 0.25) is 0 Å². The van der Waals surface area contributed by atoms with Gasteiger partial charge in [0.1, 0.15) is 0 Å². The summed E-state index contributed by atoms with van der Waals surface area (Å²) in [5, 5.41) is 17.5. The van der Waals surface area contributed by atoms with Crippen LogP contribution in [-0.2, 0) is 15.8 Å². The van der Waals surface area contributed by atoms with Crippen molar-refractivity contribution in [3.8, 4) is 11.5 Å². The molecule has 1 heterocycles. The van der Waals surface area contributed by atoms with E-state index in [1.807, 2.05) is 0 Å². The first-order valence-corrected chi connectivity index (χ1v) is 10.8. The van der Waals surface area contributed by atoms with Gasteiger partial charge >= 0.3 is 12.1 Å². The molecule has 0 fully saturated rings. The highest BCUT2D eigenvalue weighted by atomic mass is 32.1. The molecule has 1 aliphatic rings. The molecule has 0 spiro atoms. The van der Waals surface area contributed by atoms with E-state index in [-0.39, 0.29) is 34.5 Å². The van der Waals surface area contributed by atoms with Crippen molar-refractivity contribution in [3.63, 3.8) is 0 Å². The Bertz CT molecular complexity index is 1180. The van der Waals surface area contributed by atoms with Crippen LogP contribution in [0.3, 0.4) is 0 Å². The summed E-state index contributed by atoms with van der Waals surface area (Å²) in [6.45, 7) is 3.06. The molecule has 2 aromatic rings. The monoisotopic (exact) mass is 509 g/mol. The van der Waals surface area contributed by atoms with E-state index in [1.54, 1.807) is 26.0 Å². The number of halogens is 3. The number of ether oxygens (including phenoxy) is 2. The van der Waals surface area contributed by atoms with Gasteiger partial charge in [-0.2, -0.15) is 13.2 Å². The number of benzene rings is 2. The molecule has 1 unspecified atom stereocenters. The van der Waals surface area contributed by atoms with Gasteiger partial charge in [-0.3, -0.25) is 4.79 Å². The van der Waals surface area contributed by atoms with Gasteiger partial charge in [-0.1, -0.05) is 12.1 Å². The lowest BCUT2D eigenvalue weighted by atomic mass is 9.94. The molecule has 8 nitrogen and oxygen atoms in total. The van der Waals surface area contributed by atoms with Crippen LogP contribution >= 0.6 is 12.2 Å². The number of carbonyl (C=O) groups excluding carboxylic acids is 1. The fraction of sp³-hybridized carbons (Fsp3) is 0.261. The number of carboxylic acid groups (broad SMARTS) is 1. The second-order valence-electron chi connectivity index (χ2n) is 7.42. The molecule has 4 N–H and O–H groups in total. The Balaban J connectivity index is 1.95. The molecule has 0 aliphatic carbocycles. The molecule has 186 valence electrons. The number of carboxylic acids is 1. The van der Waals surface area contributed by atoms with Crippen molar-refractivity contribution < 1.29 is 37.3 Å². The zero-order valence-corrected chi connectivity index (χ0v) is 19.5. The Morgan fingerprint density at radius 1 is 1.14 bits per heavy atom. The molecule has 3 rings (SSSR count). The lowest BCUT2D eigenvalue weighted by Gasteiger charge is -2.30. The number of allylic oxidation sites excluding steroid dienone is 1. The highest BCUT2D eigenvalue weighted by molar-refractivity contribution is 7.80. The van der Waals surface area contributed by atoms with E-state index in [1.165, 1.54) is 18.2 Å². The number of nitrogens with one attached hydrogen (secondary N) is 3. The van der Waals surface area contributed by atoms with Crippen LogP contribution in [0.4, 0.5) is 18.9 Å². The van der Waals surface area contributed by atoms with Gasteiger partial charge in [-0.05, 0) is 62.0 Å². The van der Waals surface area contributed by atoms with E-state index in [4.69, 9.17) is 26.8 Å². The highest BCUT2D eigenvalue weighted by Gasteiger charge is 2.32. The zero-order chi connectivity index (χ0) is 25.8. The third-order valence-electron chi connectivity index (χ3n) is 4.91. The van der Waals surface area contributed by atoms with E-state index >= 15 is 0 Å². The molecule has 12 heteroatoms. The van der Waals surface area contributed by atoms with Crippen LogP contribution in [0, 0.1) is 0 Å². The molecular formula is C23H22F3N3O5S. The Hall–Kier alpha value is -3.80.